The maximum atomic E-state index is 6.24. The van der Waals surface area contributed by atoms with Crippen molar-refractivity contribution in [3.63, 3.8) is 0 Å². The molecule has 0 radical (unpaired) electrons. The Balaban J connectivity index is 5.37. The van der Waals surface area contributed by atoms with E-state index in [4.69, 9.17) is 4.43 Å². The van der Waals surface area contributed by atoms with Crippen molar-refractivity contribution in [2.24, 2.45) is 0 Å². The summed E-state index contributed by atoms with van der Waals surface area (Å²) in [4.78, 5) is 0. The average molecular weight is 236 g/mol. The first-order valence-electron chi connectivity index (χ1n) is 5.61. The summed E-state index contributed by atoms with van der Waals surface area (Å²) in [5, 5.41) is 3.15. The van der Waals surface area contributed by atoms with Gasteiger partial charge in [0.1, 0.15) is 0 Å². The van der Waals surface area contributed by atoms with Gasteiger partial charge in [-0.3, -0.25) is 0 Å². The van der Waals surface area contributed by atoms with E-state index < -0.39 is 8.32 Å². The number of allylic oxidation sites excluding steroid dienone is 3. The van der Waals surface area contributed by atoms with Crippen molar-refractivity contribution in [2.45, 2.75) is 40.2 Å². The fourth-order valence-electron chi connectivity index (χ4n) is 1.92. The van der Waals surface area contributed by atoms with E-state index in [0.29, 0.717) is 0 Å². The zero-order valence-electron chi connectivity index (χ0n) is 11.1. The van der Waals surface area contributed by atoms with Crippen molar-refractivity contribution in [1.82, 2.24) is 0 Å². The molecule has 0 aromatic rings. The lowest BCUT2D eigenvalue weighted by Crippen LogP contribution is -2.45. The summed E-state index contributed by atoms with van der Waals surface area (Å²) in [6.45, 7) is 24.1. The van der Waals surface area contributed by atoms with Crippen molar-refractivity contribution in [1.29, 1.82) is 0 Å². The third-order valence-corrected chi connectivity index (χ3v) is 7.06. The Morgan fingerprint density at radius 2 is 1.50 bits per heavy atom. The van der Waals surface area contributed by atoms with Gasteiger partial charge in [0.25, 0.3) is 8.32 Å². The molecule has 0 aliphatic rings. The first-order valence-corrected chi connectivity index (χ1v) is 7.52. The summed E-state index contributed by atoms with van der Waals surface area (Å²) < 4.78 is 6.24. The van der Waals surface area contributed by atoms with Crippen molar-refractivity contribution in [2.75, 3.05) is 0 Å². The van der Waals surface area contributed by atoms with Gasteiger partial charge in [0, 0.05) is 0 Å². The molecular formula is C14H24OSi. The van der Waals surface area contributed by atoms with Crippen molar-refractivity contribution in [3.8, 4) is 0 Å². The quantitative estimate of drug-likeness (QED) is 0.474. The highest BCUT2D eigenvalue weighted by Gasteiger charge is 2.40. The van der Waals surface area contributed by atoms with Crippen LogP contribution in [0, 0.1) is 0 Å². The van der Waals surface area contributed by atoms with E-state index in [-0.39, 0.29) is 6.10 Å². The molecule has 0 heterocycles. The van der Waals surface area contributed by atoms with Gasteiger partial charge in [-0.2, -0.15) is 0 Å². The minimum Gasteiger partial charge on any atom is -0.398 e. The lowest BCUT2D eigenvalue weighted by molar-refractivity contribution is 0.241. The second-order valence-electron chi connectivity index (χ2n) is 4.32. The lowest BCUT2D eigenvalue weighted by Gasteiger charge is -2.35. The standard InChI is InChI=1S/C14H24OSi/c1-9-14(10-2)15-16(11(3)4,12(5)6)13(7)8/h9,14H,1,3,5,7,10H2,2,4,6,8H3. The molecule has 0 aromatic carbocycles. The summed E-state index contributed by atoms with van der Waals surface area (Å²) >= 11 is 0. The molecule has 2 heteroatoms. The van der Waals surface area contributed by atoms with Crippen LogP contribution in [0.25, 0.3) is 0 Å². The minimum absolute atomic E-state index is 0.0526. The summed E-state index contributed by atoms with van der Waals surface area (Å²) in [5.41, 5.74) is 0. The van der Waals surface area contributed by atoms with Gasteiger partial charge in [0.2, 0.25) is 0 Å². The zero-order valence-corrected chi connectivity index (χ0v) is 12.1. The van der Waals surface area contributed by atoms with Crippen LogP contribution in [-0.2, 0) is 4.43 Å². The second-order valence-corrected chi connectivity index (χ2v) is 8.48. The topological polar surface area (TPSA) is 9.23 Å². The maximum Gasteiger partial charge on any atom is 0.274 e. The van der Waals surface area contributed by atoms with E-state index in [1.165, 1.54) is 0 Å². The molecule has 16 heavy (non-hydrogen) atoms. The molecule has 0 spiro atoms. The molecule has 1 unspecified atom stereocenters. The predicted molar refractivity (Wildman–Crippen MR) is 75.6 cm³/mol. The van der Waals surface area contributed by atoms with E-state index in [1.54, 1.807) is 0 Å². The first-order chi connectivity index (χ1) is 7.32. The monoisotopic (exact) mass is 236 g/mol. The molecule has 0 amide bonds. The van der Waals surface area contributed by atoms with Crippen LogP contribution in [0.2, 0.25) is 0 Å². The molecule has 0 saturated heterocycles. The average Bonchev–Trinajstić information content (AvgIpc) is 2.18. The summed E-state index contributed by atoms with van der Waals surface area (Å²) in [6, 6.07) is 0. The van der Waals surface area contributed by atoms with E-state index >= 15 is 0 Å². The second kappa shape index (κ2) is 6.02. The Morgan fingerprint density at radius 3 is 1.69 bits per heavy atom. The van der Waals surface area contributed by atoms with Crippen LogP contribution >= 0.6 is 0 Å². The van der Waals surface area contributed by atoms with Crippen molar-refractivity contribution < 1.29 is 4.43 Å². The van der Waals surface area contributed by atoms with Gasteiger partial charge in [0.15, 0.2) is 0 Å². The fraction of sp³-hybridized carbons (Fsp3) is 0.429. The lowest BCUT2D eigenvalue weighted by atomic mass is 10.3. The fourth-order valence-corrected chi connectivity index (χ4v) is 5.43. The van der Waals surface area contributed by atoms with Gasteiger partial charge in [-0.05, 0) is 27.2 Å². The molecule has 1 atom stereocenters. The van der Waals surface area contributed by atoms with Crippen LogP contribution in [0.1, 0.15) is 34.1 Å². The molecule has 0 aliphatic carbocycles. The van der Waals surface area contributed by atoms with Gasteiger partial charge >= 0.3 is 0 Å². The first kappa shape index (κ1) is 15.1. The molecule has 0 aromatic heterocycles. The highest BCUT2D eigenvalue weighted by molar-refractivity contribution is 6.92. The minimum atomic E-state index is -2.29. The van der Waals surface area contributed by atoms with Crippen LogP contribution in [0.3, 0.4) is 0 Å². The Hall–Kier alpha value is -0.863. The largest absolute Gasteiger partial charge is 0.398 e. The van der Waals surface area contributed by atoms with Crippen LogP contribution in [0.15, 0.2) is 48.0 Å². The Kier molecular flexibility index (Phi) is 5.69. The SMILES string of the molecule is C=CC(CC)O[Si](C(=C)C)(C(=C)C)C(=C)C. The third-order valence-electron chi connectivity index (χ3n) is 2.80. The zero-order chi connectivity index (χ0) is 12.9. The number of rotatable bonds is 7. The highest BCUT2D eigenvalue weighted by Crippen LogP contribution is 2.31. The molecule has 0 bridgehead atoms. The summed E-state index contributed by atoms with van der Waals surface area (Å²) in [7, 11) is -2.29. The predicted octanol–water partition coefficient (Wildman–Crippen LogP) is 4.26. The molecular weight excluding hydrogens is 212 g/mol. The highest BCUT2D eigenvalue weighted by atomic mass is 28.4. The molecule has 0 N–H and O–H groups in total. The van der Waals surface area contributed by atoms with Crippen molar-refractivity contribution >= 4 is 8.32 Å². The van der Waals surface area contributed by atoms with Gasteiger partial charge in [-0.25, -0.2) is 0 Å². The van der Waals surface area contributed by atoms with Crippen LogP contribution in [0.4, 0.5) is 0 Å². The summed E-state index contributed by atoms with van der Waals surface area (Å²) in [6.07, 6.45) is 2.81. The number of hydrogen-bond donors (Lipinski definition) is 0. The molecule has 0 rings (SSSR count). The Morgan fingerprint density at radius 1 is 1.12 bits per heavy atom. The molecule has 90 valence electrons. The molecule has 0 aliphatic heterocycles. The Bertz CT molecular complexity index is 279. The normalized spacial score (nSPS) is 13.0. The molecule has 0 fully saturated rings. The van der Waals surface area contributed by atoms with E-state index in [9.17, 15) is 0 Å². The molecule has 1 nitrogen and oxygen atoms in total. The number of hydrogen-bond acceptors (Lipinski definition) is 1. The van der Waals surface area contributed by atoms with E-state index in [2.05, 4.69) is 33.2 Å². The van der Waals surface area contributed by atoms with E-state index in [1.807, 2.05) is 26.8 Å². The van der Waals surface area contributed by atoms with Crippen LogP contribution in [-0.4, -0.2) is 14.4 Å². The van der Waals surface area contributed by atoms with Crippen LogP contribution < -0.4 is 0 Å². The van der Waals surface area contributed by atoms with E-state index in [0.717, 1.165) is 22.0 Å². The third kappa shape index (κ3) is 2.83. The van der Waals surface area contributed by atoms with Gasteiger partial charge in [-0.1, -0.05) is 28.6 Å². The maximum absolute atomic E-state index is 6.24. The van der Waals surface area contributed by atoms with Gasteiger partial charge in [0.05, 0.1) is 6.10 Å². The summed E-state index contributed by atoms with van der Waals surface area (Å²) in [5.74, 6) is 0. The molecule has 0 saturated carbocycles. The smallest absolute Gasteiger partial charge is 0.274 e. The van der Waals surface area contributed by atoms with Crippen LogP contribution in [0.5, 0.6) is 0 Å². The van der Waals surface area contributed by atoms with Crippen molar-refractivity contribution in [3.05, 3.63) is 48.0 Å². The van der Waals surface area contributed by atoms with Gasteiger partial charge in [-0.15, -0.1) is 26.3 Å². The van der Waals surface area contributed by atoms with Gasteiger partial charge < -0.3 is 4.43 Å². The Labute approximate surface area is 101 Å².